The number of hydrogen-bond donors (Lipinski definition) is 1. The molecule has 0 saturated carbocycles. The van der Waals surface area contributed by atoms with Crippen LogP contribution in [-0.2, 0) is 0 Å². The first-order chi connectivity index (χ1) is 3.43. The third-order valence-electron chi connectivity index (χ3n) is 1.29. The molecule has 7 heavy (non-hydrogen) atoms. The smallest absolute Gasteiger partial charge is 0.143 e. The summed E-state index contributed by atoms with van der Waals surface area (Å²) in [6, 6.07) is 0. The lowest BCUT2D eigenvalue weighted by Crippen LogP contribution is -2.16. The molecule has 1 fully saturated rings. The molecule has 1 aliphatic rings. The van der Waals surface area contributed by atoms with Crippen molar-refractivity contribution in [1.29, 1.82) is 0 Å². The molecule has 0 radical (unpaired) electrons. The van der Waals surface area contributed by atoms with Crippen LogP contribution < -0.4 is 5.32 Å². The highest BCUT2D eigenvalue weighted by atomic mass is 16.5. The summed E-state index contributed by atoms with van der Waals surface area (Å²) in [4.78, 5) is 0. The second-order valence-electron chi connectivity index (χ2n) is 1.83. The average molecular weight is 101 g/mol. The molecule has 0 aliphatic carbocycles. The van der Waals surface area contributed by atoms with Gasteiger partial charge in [0.1, 0.15) is 6.10 Å². The number of aliphatic hydroxyl groups is 2. The fourth-order valence-electron chi connectivity index (χ4n) is 0.795. The average Bonchev–Trinajstić information content (AvgIpc) is 2.14. The summed E-state index contributed by atoms with van der Waals surface area (Å²) in [5.74, 6) is 0. The van der Waals surface area contributed by atoms with Crippen molar-refractivity contribution in [2.24, 2.45) is 0 Å². The van der Waals surface area contributed by atoms with Crippen LogP contribution in [0.4, 0.5) is 0 Å². The summed E-state index contributed by atoms with van der Waals surface area (Å²) in [7, 11) is 3.45. The normalized spacial score (nSPS) is 31.3. The lowest BCUT2D eigenvalue weighted by atomic mass is 10.3. The zero-order valence-electron chi connectivity index (χ0n) is 4.35. The molecule has 0 aromatic rings. The molecule has 0 aromatic carbocycles. The summed E-state index contributed by atoms with van der Waals surface area (Å²) >= 11 is 0. The van der Waals surface area contributed by atoms with Crippen molar-refractivity contribution in [3.63, 3.8) is 0 Å². The number of nitrogens with one attached hydrogen (secondary N) is 1. The van der Waals surface area contributed by atoms with Crippen LogP contribution in [0.1, 0.15) is 6.42 Å². The Balaban J connectivity index is 2.14. The lowest BCUT2D eigenvalue weighted by Gasteiger charge is -2.04. The molecule has 0 aromatic heterocycles. The van der Waals surface area contributed by atoms with Crippen molar-refractivity contribution in [1.82, 2.24) is 5.32 Å². The van der Waals surface area contributed by atoms with Gasteiger partial charge < -0.3 is 10.1 Å². The molecule has 1 atom stereocenters. The molecule has 2 nitrogen and oxygen atoms in total. The first-order valence-electron chi connectivity index (χ1n) is 2.60. The van der Waals surface area contributed by atoms with Gasteiger partial charge in [-0.3, -0.25) is 0 Å². The van der Waals surface area contributed by atoms with Crippen LogP contribution in [0.5, 0.6) is 0 Å². The number of rotatable bonds is 1. The minimum Gasteiger partial charge on any atom is -0.578 e. The van der Waals surface area contributed by atoms with E-state index < -0.39 is 0 Å². The standard InChI is InChI=1S/C5H11NO/c1-7-5-2-3-6-4-5/h5-7H,1-4H2/t5-/m1/s1. The molecule has 0 bridgehead atoms. The molecule has 0 amide bonds. The summed E-state index contributed by atoms with van der Waals surface area (Å²) in [5, 5.41) is 3.19. The quantitative estimate of drug-likeness (QED) is 0.355. The maximum atomic E-state index is 3.88. The van der Waals surface area contributed by atoms with Gasteiger partial charge >= 0.3 is 0 Å². The van der Waals surface area contributed by atoms with Gasteiger partial charge in [0, 0.05) is 13.0 Å². The van der Waals surface area contributed by atoms with E-state index >= 15 is 0 Å². The van der Waals surface area contributed by atoms with Crippen LogP contribution in [0.2, 0.25) is 0 Å². The monoisotopic (exact) mass is 101 g/mol. The van der Waals surface area contributed by atoms with E-state index in [2.05, 4.69) is 17.2 Å². The van der Waals surface area contributed by atoms with Gasteiger partial charge in [0.05, 0.1) is 6.54 Å². The van der Waals surface area contributed by atoms with Crippen molar-refractivity contribution < 1.29 is 4.74 Å². The van der Waals surface area contributed by atoms with E-state index in [1.807, 2.05) is 0 Å². The van der Waals surface area contributed by atoms with E-state index in [1.165, 1.54) is 6.42 Å². The summed E-state index contributed by atoms with van der Waals surface area (Å²) < 4.78 is 3.88. The van der Waals surface area contributed by atoms with E-state index in [-0.39, 0.29) is 0 Å². The third-order valence-corrected chi connectivity index (χ3v) is 1.29. The van der Waals surface area contributed by atoms with Gasteiger partial charge in [0.15, 0.2) is 0 Å². The van der Waals surface area contributed by atoms with Gasteiger partial charge in [-0.2, -0.15) is 0 Å². The summed E-state index contributed by atoms with van der Waals surface area (Å²) in [6.07, 6.45) is 1.67. The highest BCUT2D eigenvalue weighted by Crippen LogP contribution is 1.97. The minimum absolute atomic E-state index is 0.500. The van der Waals surface area contributed by atoms with E-state index in [1.54, 1.807) is 0 Å². The van der Waals surface area contributed by atoms with Crippen LogP contribution in [0, 0.1) is 7.11 Å². The molecule has 1 saturated heterocycles. The molecule has 2 heteroatoms. The minimum atomic E-state index is 0.500. The second kappa shape index (κ2) is 2.28. The van der Waals surface area contributed by atoms with Crippen LogP contribution in [0.25, 0.3) is 0 Å². The van der Waals surface area contributed by atoms with Crippen LogP contribution in [0.15, 0.2) is 0 Å². The van der Waals surface area contributed by atoms with Gasteiger partial charge in [0.2, 0.25) is 0 Å². The fraction of sp³-hybridized carbons (Fsp3) is 0.800. The topological polar surface area (TPSA) is 24.8 Å². The van der Waals surface area contributed by atoms with E-state index in [9.17, 15) is 0 Å². The lowest BCUT2D eigenvalue weighted by molar-refractivity contribution is -0.0117. The molecule has 2 N–H and O–H groups in total. The SMILES string of the molecule is [CH2-][OH+][C@@H]1CCNC1. The Bertz CT molecular complexity index is 50.0. The highest BCUT2D eigenvalue weighted by molar-refractivity contribution is 4.69. The van der Waals surface area contributed by atoms with Crippen molar-refractivity contribution in [2.45, 2.75) is 12.5 Å². The highest BCUT2D eigenvalue weighted by Gasteiger charge is 2.13. The first-order valence-corrected chi connectivity index (χ1v) is 2.60. The molecule has 1 aliphatic heterocycles. The number of ether oxygens (including phenoxy) is 1. The third kappa shape index (κ3) is 1.14. The Labute approximate surface area is 43.9 Å². The van der Waals surface area contributed by atoms with Crippen molar-refractivity contribution in [2.75, 3.05) is 13.1 Å². The fourth-order valence-corrected chi connectivity index (χ4v) is 0.795. The second-order valence-corrected chi connectivity index (χ2v) is 1.83. The predicted molar refractivity (Wildman–Crippen MR) is 28.9 cm³/mol. The Morgan fingerprint density at radius 2 is 2.57 bits per heavy atom. The molecule has 1 heterocycles. The zero-order chi connectivity index (χ0) is 5.11. The largest absolute Gasteiger partial charge is 0.578 e. The Morgan fingerprint density at radius 3 is 2.86 bits per heavy atom. The first kappa shape index (κ1) is 5.06. The van der Waals surface area contributed by atoms with Crippen LogP contribution in [0.3, 0.4) is 0 Å². The number of hydrogen-bond acceptors (Lipinski definition) is 1. The maximum absolute atomic E-state index is 3.88. The molecule has 1 rings (SSSR count). The molecular formula is C5H11NO. The van der Waals surface area contributed by atoms with Crippen LogP contribution in [-0.4, -0.2) is 23.9 Å². The van der Waals surface area contributed by atoms with E-state index in [4.69, 9.17) is 0 Å². The van der Waals surface area contributed by atoms with Gasteiger partial charge in [-0.25, -0.2) is 0 Å². The Kier molecular flexibility index (Phi) is 1.65. The Morgan fingerprint density at radius 1 is 1.71 bits per heavy atom. The van der Waals surface area contributed by atoms with Gasteiger partial charge in [0.25, 0.3) is 0 Å². The maximum Gasteiger partial charge on any atom is 0.143 e. The van der Waals surface area contributed by atoms with Gasteiger partial charge in [-0.1, -0.05) is 7.11 Å². The van der Waals surface area contributed by atoms with E-state index in [0.29, 0.717) is 6.10 Å². The molecular weight excluding hydrogens is 90.1 g/mol. The van der Waals surface area contributed by atoms with Crippen molar-refractivity contribution in [3.8, 4) is 0 Å². The van der Waals surface area contributed by atoms with Gasteiger partial charge in [-0.05, 0) is 0 Å². The Hall–Kier alpha value is -0.0800. The zero-order valence-corrected chi connectivity index (χ0v) is 4.35. The van der Waals surface area contributed by atoms with Crippen LogP contribution >= 0.6 is 0 Å². The molecule has 42 valence electrons. The van der Waals surface area contributed by atoms with Crippen molar-refractivity contribution >= 4 is 0 Å². The van der Waals surface area contributed by atoms with E-state index in [0.717, 1.165) is 13.1 Å². The van der Waals surface area contributed by atoms with Crippen molar-refractivity contribution in [3.05, 3.63) is 7.11 Å². The summed E-state index contributed by atoms with van der Waals surface area (Å²) in [5.41, 5.74) is 0. The molecule has 0 spiro atoms. The molecule has 0 unspecified atom stereocenters. The van der Waals surface area contributed by atoms with Gasteiger partial charge in [-0.15, -0.1) is 0 Å². The predicted octanol–water partition coefficient (Wildman–Crippen LogP) is -0.332. The summed E-state index contributed by atoms with van der Waals surface area (Å²) in [6.45, 7) is 2.15.